The molecule has 0 bridgehead atoms. The van der Waals surface area contributed by atoms with Gasteiger partial charge in [0.2, 0.25) is 0 Å². The molecule has 4 heteroatoms. The van der Waals surface area contributed by atoms with Crippen LogP contribution in [0.2, 0.25) is 0 Å². The predicted molar refractivity (Wildman–Crippen MR) is 76.3 cm³/mol. The van der Waals surface area contributed by atoms with Crippen LogP contribution in [0.3, 0.4) is 0 Å². The third kappa shape index (κ3) is 2.05. The summed E-state index contributed by atoms with van der Waals surface area (Å²) in [5, 5.41) is 1.09. The zero-order valence-corrected chi connectivity index (χ0v) is 11.1. The van der Waals surface area contributed by atoms with Crippen molar-refractivity contribution in [3.8, 4) is 0 Å². The molecule has 100 valence electrons. The molecule has 0 aliphatic heterocycles. The van der Waals surface area contributed by atoms with E-state index in [1.54, 1.807) is 12.4 Å². The molecule has 0 fully saturated rings. The zero-order valence-electron chi connectivity index (χ0n) is 11.1. The van der Waals surface area contributed by atoms with Crippen LogP contribution in [0.25, 0.3) is 10.9 Å². The summed E-state index contributed by atoms with van der Waals surface area (Å²) in [5.41, 5.74) is 1.85. The van der Waals surface area contributed by atoms with E-state index in [1.165, 1.54) is 7.11 Å². The highest BCUT2D eigenvalue weighted by Gasteiger charge is 2.24. The molecule has 0 aliphatic carbocycles. The van der Waals surface area contributed by atoms with Gasteiger partial charge in [0.15, 0.2) is 6.04 Å². The number of ether oxygens (including phenoxy) is 1. The van der Waals surface area contributed by atoms with Gasteiger partial charge in [0.1, 0.15) is 0 Å². The third-order valence-corrected chi connectivity index (χ3v) is 3.35. The maximum absolute atomic E-state index is 12.2. The zero-order chi connectivity index (χ0) is 13.9. The number of fused-ring (bicyclic) bond motifs is 1. The van der Waals surface area contributed by atoms with Gasteiger partial charge in [0.05, 0.1) is 7.11 Å². The summed E-state index contributed by atoms with van der Waals surface area (Å²) >= 11 is 0. The molecule has 0 spiro atoms. The van der Waals surface area contributed by atoms with E-state index in [1.807, 2.05) is 53.2 Å². The Balaban J connectivity index is 2.17. The highest BCUT2D eigenvalue weighted by Crippen LogP contribution is 2.25. The minimum absolute atomic E-state index is 0.294. The number of hydrogen-bond donors (Lipinski definition) is 0. The van der Waals surface area contributed by atoms with Gasteiger partial charge in [-0.2, -0.15) is 0 Å². The number of para-hydroxylation sites is 1. The van der Waals surface area contributed by atoms with Crippen LogP contribution >= 0.6 is 0 Å². The molecule has 1 atom stereocenters. The van der Waals surface area contributed by atoms with Crippen LogP contribution in [-0.2, 0) is 9.53 Å². The molecule has 0 N–H and O–H groups in total. The lowest BCUT2D eigenvalue weighted by Gasteiger charge is -2.18. The van der Waals surface area contributed by atoms with Gasteiger partial charge in [-0.25, -0.2) is 4.79 Å². The van der Waals surface area contributed by atoms with Crippen LogP contribution in [0.4, 0.5) is 0 Å². The number of carbonyl (C=O) groups is 1. The van der Waals surface area contributed by atoms with Crippen molar-refractivity contribution in [3.05, 3.63) is 66.6 Å². The second-order valence-corrected chi connectivity index (χ2v) is 4.49. The van der Waals surface area contributed by atoms with Crippen LogP contribution in [0, 0.1) is 0 Å². The summed E-state index contributed by atoms with van der Waals surface area (Å²) in [6, 6.07) is 13.1. The van der Waals surface area contributed by atoms with Crippen LogP contribution in [0.1, 0.15) is 11.6 Å². The van der Waals surface area contributed by atoms with Crippen LogP contribution in [-0.4, -0.2) is 22.6 Å². The minimum atomic E-state index is -0.497. The van der Waals surface area contributed by atoms with E-state index in [0.717, 1.165) is 16.5 Å². The van der Waals surface area contributed by atoms with Gasteiger partial charge < -0.3 is 9.30 Å². The normalized spacial score (nSPS) is 12.2. The Labute approximate surface area is 116 Å². The van der Waals surface area contributed by atoms with Crippen molar-refractivity contribution in [2.45, 2.75) is 6.04 Å². The fourth-order valence-corrected chi connectivity index (χ4v) is 2.40. The Bertz CT molecular complexity index is 734. The average Bonchev–Trinajstić information content (AvgIpc) is 2.92. The van der Waals surface area contributed by atoms with E-state index in [-0.39, 0.29) is 5.97 Å². The Hall–Kier alpha value is -2.62. The number of benzene rings is 1. The first kappa shape index (κ1) is 12.4. The molecular weight excluding hydrogens is 252 g/mol. The van der Waals surface area contributed by atoms with Crippen molar-refractivity contribution >= 4 is 16.9 Å². The van der Waals surface area contributed by atoms with Gasteiger partial charge >= 0.3 is 5.97 Å². The molecule has 0 saturated carbocycles. The maximum Gasteiger partial charge on any atom is 0.333 e. The summed E-state index contributed by atoms with van der Waals surface area (Å²) in [5.74, 6) is -0.294. The summed E-state index contributed by atoms with van der Waals surface area (Å²) in [6.45, 7) is 0. The number of hydrogen-bond acceptors (Lipinski definition) is 3. The van der Waals surface area contributed by atoms with E-state index >= 15 is 0 Å². The molecule has 0 radical (unpaired) electrons. The molecule has 1 aromatic carbocycles. The quantitative estimate of drug-likeness (QED) is 0.685. The molecular formula is C16H14N2O2. The molecule has 4 nitrogen and oxygen atoms in total. The lowest BCUT2D eigenvalue weighted by Crippen LogP contribution is -2.21. The number of nitrogens with zero attached hydrogens (tertiary/aromatic N) is 2. The standard InChI is InChI=1S/C16H14N2O2/c1-20-16(19)15(13-6-9-17-10-7-13)18-11-8-12-4-2-3-5-14(12)18/h2-11,15H,1H3. The summed E-state index contributed by atoms with van der Waals surface area (Å²) < 4.78 is 6.89. The third-order valence-electron chi connectivity index (χ3n) is 3.35. The highest BCUT2D eigenvalue weighted by atomic mass is 16.5. The van der Waals surface area contributed by atoms with Crippen molar-refractivity contribution in [2.75, 3.05) is 7.11 Å². The van der Waals surface area contributed by atoms with Crippen LogP contribution in [0.5, 0.6) is 0 Å². The number of carbonyl (C=O) groups excluding carboxylic acids is 1. The van der Waals surface area contributed by atoms with E-state index in [9.17, 15) is 4.79 Å². The van der Waals surface area contributed by atoms with Crippen molar-refractivity contribution in [2.24, 2.45) is 0 Å². The van der Waals surface area contributed by atoms with E-state index in [0.29, 0.717) is 0 Å². The van der Waals surface area contributed by atoms with Crippen molar-refractivity contribution in [1.29, 1.82) is 0 Å². The highest BCUT2D eigenvalue weighted by molar-refractivity contribution is 5.85. The molecule has 3 rings (SSSR count). The predicted octanol–water partition coefficient (Wildman–Crippen LogP) is 2.80. The molecule has 20 heavy (non-hydrogen) atoms. The van der Waals surface area contributed by atoms with Gasteiger partial charge in [-0.3, -0.25) is 4.98 Å². The van der Waals surface area contributed by atoms with Gasteiger partial charge in [0, 0.05) is 24.1 Å². The van der Waals surface area contributed by atoms with Crippen molar-refractivity contribution in [3.63, 3.8) is 0 Å². The van der Waals surface area contributed by atoms with E-state index in [2.05, 4.69) is 4.98 Å². The van der Waals surface area contributed by atoms with Crippen LogP contribution in [0.15, 0.2) is 61.1 Å². The largest absolute Gasteiger partial charge is 0.467 e. The number of rotatable bonds is 3. The number of pyridine rings is 1. The van der Waals surface area contributed by atoms with Gasteiger partial charge in [-0.15, -0.1) is 0 Å². The van der Waals surface area contributed by atoms with Crippen LogP contribution < -0.4 is 0 Å². The molecule has 3 aromatic rings. The number of aromatic nitrogens is 2. The number of esters is 1. The SMILES string of the molecule is COC(=O)C(c1ccncc1)n1ccc2ccccc21. The van der Waals surface area contributed by atoms with Gasteiger partial charge in [0.25, 0.3) is 0 Å². The summed E-state index contributed by atoms with van der Waals surface area (Å²) in [6.07, 6.45) is 5.26. The molecule has 0 amide bonds. The monoisotopic (exact) mass is 266 g/mol. The fraction of sp³-hybridized carbons (Fsp3) is 0.125. The second-order valence-electron chi connectivity index (χ2n) is 4.49. The smallest absolute Gasteiger partial charge is 0.333 e. The molecule has 1 unspecified atom stereocenters. The molecule has 2 heterocycles. The fourth-order valence-electron chi connectivity index (χ4n) is 2.40. The van der Waals surface area contributed by atoms with Crippen molar-refractivity contribution in [1.82, 2.24) is 9.55 Å². The average molecular weight is 266 g/mol. The molecule has 2 aromatic heterocycles. The summed E-state index contributed by atoms with van der Waals surface area (Å²) in [7, 11) is 1.40. The van der Waals surface area contributed by atoms with Crippen molar-refractivity contribution < 1.29 is 9.53 Å². The van der Waals surface area contributed by atoms with Gasteiger partial charge in [-0.05, 0) is 35.2 Å². The van der Waals surface area contributed by atoms with Gasteiger partial charge in [-0.1, -0.05) is 18.2 Å². The lowest BCUT2D eigenvalue weighted by molar-refractivity contribution is -0.143. The Morgan fingerprint density at radius 3 is 2.65 bits per heavy atom. The Kier molecular flexibility index (Phi) is 3.21. The van der Waals surface area contributed by atoms with E-state index < -0.39 is 6.04 Å². The Morgan fingerprint density at radius 1 is 1.15 bits per heavy atom. The first-order chi connectivity index (χ1) is 9.81. The van der Waals surface area contributed by atoms with E-state index in [4.69, 9.17) is 4.74 Å². The second kappa shape index (κ2) is 5.17. The Morgan fingerprint density at radius 2 is 1.90 bits per heavy atom. The number of methoxy groups -OCH3 is 1. The molecule has 0 aliphatic rings. The minimum Gasteiger partial charge on any atom is -0.467 e. The molecule has 0 saturated heterocycles. The maximum atomic E-state index is 12.2. The lowest BCUT2D eigenvalue weighted by atomic mass is 10.1. The first-order valence-corrected chi connectivity index (χ1v) is 6.34. The first-order valence-electron chi connectivity index (χ1n) is 6.34. The topological polar surface area (TPSA) is 44.1 Å². The summed E-state index contributed by atoms with van der Waals surface area (Å²) in [4.78, 5) is 16.2.